The highest BCUT2D eigenvalue weighted by atomic mass is 16.5. The van der Waals surface area contributed by atoms with Crippen LogP contribution in [0.1, 0.15) is 54.1 Å². The number of amides is 2. The molecule has 2 amide bonds. The first-order valence-corrected chi connectivity index (χ1v) is 11.7. The minimum atomic E-state index is -0.425. The van der Waals surface area contributed by atoms with Gasteiger partial charge in [0.25, 0.3) is 5.91 Å². The summed E-state index contributed by atoms with van der Waals surface area (Å²) in [6, 6.07) is 16.7. The minimum absolute atomic E-state index is 0.0587. The lowest BCUT2D eigenvalue weighted by Gasteiger charge is -2.46. The number of fused-ring (bicyclic) bond motifs is 1. The molecule has 1 N–H and O–H groups in total. The molecule has 2 fully saturated rings. The van der Waals surface area contributed by atoms with E-state index < -0.39 is 6.04 Å². The number of carbonyl (C=O) groups is 2. The van der Waals surface area contributed by atoms with Crippen LogP contribution in [0.25, 0.3) is 0 Å². The lowest BCUT2D eigenvalue weighted by Crippen LogP contribution is -2.53. The highest BCUT2D eigenvalue weighted by Crippen LogP contribution is 2.44. The average Bonchev–Trinajstić information content (AvgIpc) is 3.31. The van der Waals surface area contributed by atoms with Gasteiger partial charge in [-0.15, -0.1) is 0 Å². The molecule has 6 heteroatoms. The summed E-state index contributed by atoms with van der Waals surface area (Å²) >= 11 is 0. The van der Waals surface area contributed by atoms with Gasteiger partial charge in [0.2, 0.25) is 5.91 Å². The van der Waals surface area contributed by atoms with E-state index in [0.717, 1.165) is 50.1 Å². The van der Waals surface area contributed by atoms with Gasteiger partial charge in [-0.05, 0) is 50.9 Å². The van der Waals surface area contributed by atoms with E-state index in [1.54, 1.807) is 4.90 Å². The molecule has 3 aliphatic heterocycles. The van der Waals surface area contributed by atoms with E-state index >= 15 is 0 Å². The maximum Gasteiger partial charge on any atom is 0.254 e. The first-order chi connectivity index (χ1) is 15.5. The van der Waals surface area contributed by atoms with Crippen molar-refractivity contribution < 1.29 is 14.3 Å². The fourth-order valence-corrected chi connectivity index (χ4v) is 5.38. The topological polar surface area (TPSA) is 61.9 Å². The molecule has 32 heavy (non-hydrogen) atoms. The number of nitrogens with zero attached hydrogens (tertiary/aromatic N) is 2. The number of rotatable bonds is 3. The Morgan fingerprint density at radius 2 is 1.72 bits per heavy atom. The van der Waals surface area contributed by atoms with E-state index in [2.05, 4.69) is 17.3 Å². The van der Waals surface area contributed by atoms with Gasteiger partial charge in [0.1, 0.15) is 17.4 Å². The number of nitrogens with one attached hydrogen (secondary N) is 1. The molecule has 2 saturated heterocycles. The minimum Gasteiger partial charge on any atom is -0.487 e. The van der Waals surface area contributed by atoms with E-state index in [1.807, 2.05) is 54.6 Å². The standard InChI is InChI=1S/C26H31N3O3/c1-28-16-13-26(14-17-28)18-21(20-10-5-6-12-23(20)32-26)27-24(30)22-11-7-15-29(22)25(31)19-8-3-2-4-9-19/h2-6,8-10,12,21-22H,7,11,13-18H2,1H3,(H,27,30). The van der Waals surface area contributed by atoms with E-state index in [4.69, 9.17) is 4.74 Å². The van der Waals surface area contributed by atoms with Gasteiger partial charge < -0.3 is 19.9 Å². The maximum atomic E-state index is 13.4. The van der Waals surface area contributed by atoms with Gasteiger partial charge in [-0.25, -0.2) is 0 Å². The van der Waals surface area contributed by atoms with Crippen molar-refractivity contribution in [2.75, 3.05) is 26.7 Å². The number of piperidine rings is 1. The molecule has 2 atom stereocenters. The Kier molecular flexibility index (Phi) is 5.64. The third-order valence-corrected chi connectivity index (χ3v) is 7.25. The predicted octanol–water partition coefficient (Wildman–Crippen LogP) is 3.40. The second-order valence-electron chi connectivity index (χ2n) is 9.41. The van der Waals surface area contributed by atoms with Gasteiger partial charge in [0, 0.05) is 37.2 Å². The summed E-state index contributed by atoms with van der Waals surface area (Å²) in [6.07, 6.45) is 4.21. The number of ether oxygens (including phenoxy) is 1. The maximum absolute atomic E-state index is 13.4. The third-order valence-electron chi connectivity index (χ3n) is 7.25. The molecular formula is C26H31N3O3. The Labute approximate surface area is 189 Å². The van der Waals surface area contributed by atoms with E-state index in [1.165, 1.54) is 0 Å². The lowest BCUT2D eigenvalue weighted by molar-refractivity contribution is -0.126. The molecular weight excluding hydrogens is 402 g/mol. The second-order valence-corrected chi connectivity index (χ2v) is 9.41. The molecule has 0 aliphatic carbocycles. The number of para-hydroxylation sites is 1. The Morgan fingerprint density at radius 1 is 1.00 bits per heavy atom. The normalized spacial score (nSPS) is 24.6. The van der Waals surface area contributed by atoms with Crippen LogP contribution in [0.15, 0.2) is 54.6 Å². The molecule has 3 heterocycles. The zero-order valence-electron chi connectivity index (χ0n) is 18.6. The van der Waals surface area contributed by atoms with Gasteiger partial charge in [-0.3, -0.25) is 9.59 Å². The number of hydrogen-bond acceptors (Lipinski definition) is 4. The third kappa shape index (κ3) is 3.99. The average molecular weight is 434 g/mol. The van der Waals surface area contributed by atoms with E-state index in [9.17, 15) is 9.59 Å². The first-order valence-electron chi connectivity index (χ1n) is 11.7. The summed E-state index contributed by atoms with van der Waals surface area (Å²) in [5, 5.41) is 3.31. The van der Waals surface area contributed by atoms with Crippen LogP contribution >= 0.6 is 0 Å². The first kappa shape index (κ1) is 21.0. The van der Waals surface area contributed by atoms with Crippen LogP contribution < -0.4 is 10.1 Å². The molecule has 168 valence electrons. The summed E-state index contributed by atoms with van der Waals surface area (Å²) in [5.74, 6) is 0.747. The van der Waals surface area contributed by atoms with Crippen LogP contribution in [-0.4, -0.2) is 59.9 Å². The van der Waals surface area contributed by atoms with Crippen molar-refractivity contribution in [3.8, 4) is 5.75 Å². The van der Waals surface area contributed by atoms with Crippen LogP contribution in [0.2, 0.25) is 0 Å². The summed E-state index contributed by atoms with van der Waals surface area (Å²) in [7, 11) is 2.14. The summed E-state index contributed by atoms with van der Waals surface area (Å²) in [5.41, 5.74) is 1.42. The van der Waals surface area contributed by atoms with E-state index in [-0.39, 0.29) is 23.5 Å². The Morgan fingerprint density at radius 3 is 2.50 bits per heavy atom. The predicted molar refractivity (Wildman–Crippen MR) is 123 cm³/mol. The number of likely N-dealkylation sites (tertiary alicyclic amines) is 2. The molecule has 0 radical (unpaired) electrons. The number of benzene rings is 2. The van der Waals surface area contributed by atoms with Gasteiger partial charge in [0.15, 0.2) is 0 Å². The van der Waals surface area contributed by atoms with Crippen molar-refractivity contribution >= 4 is 11.8 Å². The molecule has 0 aromatic heterocycles. The molecule has 6 nitrogen and oxygen atoms in total. The van der Waals surface area contributed by atoms with Crippen molar-refractivity contribution in [1.29, 1.82) is 0 Å². The van der Waals surface area contributed by atoms with Gasteiger partial charge in [-0.2, -0.15) is 0 Å². The molecule has 2 aromatic rings. The Bertz CT molecular complexity index is 985. The Hall–Kier alpha value is -2.86. The van der Waals surface area contributed by atoms with Gasteiger partial charge in [-0.1, -0.05) is 36.4 Å². The van der Waals surface area contributed by atoms with Gasteiger partial charge >= 0.3 is 0 Å². The molecule has 3 aliphatic rings. The van der Waals surface area contributed by atoms with Crippen LogP contribution in [-0.2, 0) is 4.79 Å². The highest BCUT2D eigenvalue weighted by molar-refractivity contribution is 5.98. The number of hydrogen-bond donors (Lipinski definition) is 1. The molecule has 5 rings (SSSR count). The van der Waals surface area contributed by atoms with Crippen molar-refractivity contribution in [3.05, 3.63) is 65.7 Å². The van der Waals surface area contributed by atoms with Crippen LogP contribution in [0.4, 0.5) is 0 Å². The van der Waals surface area contributed by atoms with Gasteiger partial charge in [0.05, 0.1) is 6.04 Å². The quantitative estimate of drug-likeness (QED) is 0.806. The molecule has 0 bridgehead atoms. The van der Waals surface area contributed by atoms with E-state index in [0.29, 0.717) is 18.5 Å². The second kappa shape index (κ2) is 8.58. The van der Waals surface area contributed by atoms with Crippen LogP contribution in [0, 0.1) is 0 Å². The van der Waals surface area contributed by atoms with Crippen molar-refractivity contribution in [3.63, 3.8) is 0 Å². The molecule has 2 unspecified atom stereocenters. The summed E-state index contributed by atoms with van der Waals surface area (Å²) < 4.78 is 6.52. The Balaban J connectivity index is 1.35. The molecule has 1 spiro atoms. The lowest BCUT2D eigenvalue weighted by atomic mass is 9.80. The highest BCUT2D eigenvalue weighted by Gasteiger charge is 2.44. The van der Waals surface area contributed by atoms with Crippen molar-refractivity contribution in [1.82, 2.24) is 15.1 Å². The van der Waals surface area contributed by atoms with Crippen LogP contribution in [0.5, 0.6) is 5.75 Å². The number of carbonyl (C=O) groups excluding carboxylic acids is 2. The van der Waals surface area contributed by atoms with Crippen LogP contribution in [0.3, 0.4) is 0 Å². The smallest absolute Gasteiger partial charge is 0.254 e. The zero-order chi connectivity index (χ0) is 22.1. The summed E-state index contributed by atoms with van der Waals surface area (Å²) in [6.45, 7) is 2.60. The SMILES string of the molecule is CN1CCC2(CC1)CC(NC(=O)C1CCCN1C(=O)c1ccccc1)c1ccccc1O2. The molecule has 0 saturated carbocycles. The molecule has 2 aromatic carbocycles. The summed E-state index contributed by atoms with van der Waals surface area (Å²) in [4.78, 5) is 30.6. The largest absolute Gasteiger partial charge is 0.487 e. The van der Waals surface area contributed by atoms with Crippen molar-refractivity contribution in [2.45, 2.75) is 49.8 Å². The zero-order valence-corrected chi connectivity index (χ0v) is 18.6. The monoisotopic (exact) mass is 433 g/mol. The fourth-order valence-electron chi connectivity index (χ4n) is 5.38. The fraction of sp³-hybridized carbons (Fsp3) is 0.462. The van der Waals surface area contributed by atoms with Crippen molar-refractivity contribution in [2.24, 2.45) is 0 Å².